The second-order valence-electron chi connectivity index (χ2n) is 13.3. The summed E-state index contributed by atoms with van der Waals surface area (Å²) in [6, 6.07) is 7.91. The van der Waals surface area contributed by atoms with Gasteiger partial charge in [-0.3, -0.25) is 19.3 Å². The van der Waals surface area contributed by atoms with Crippen LogP contribution in [-0.4, -0.2) is 69.4 Å². The molecule has 7 rings (SSSR count). The number of primary amides is 1. The summed E-state index contributed by atoms with van der Waals surface area (Å²) in [4.78, 5) is 56.8. The second-order valence-corrected chi connectivity index (χ2v) is 15.2. The molecule has 2 aromatic carbocycles. The molecule has 2 aliphatic heterocycles. The Morgan fingerprint density at radius 2 is 1.63 bits per heavy atom. The molecule has 2 saturated heterocycles. The third-order valence-corrected chi connectivity index (χ3v) is 9.05. The first-order valence-electron chi connectivity index (χ1n) is 15.6. The molecular weight excluding hydrogens is 828 g/mol. The van der Waals surface area contributed by atoms with Crippen molar-refractivity contribution in [3.63, 3.8) is 0 Å². The Balaban J connectivity index is 0.000000186. The van der Waals surface area contributed by atoms with E-state index in [0.29, 0.717) is 31.2 Å². The van der Waals surface area contributed by atoms with Gasteiger partial charge in [0.25, 0.3) is 23.3 Å². The number of amides is 3. The number of nitrogens with zero attached hydrogens (tertiary/aromatic N) is 2. The molecule has 5 heterocycles. The van der Waals surface area contributed by atoms with Crippen LogP contribution in [0.1, 0.15) is 56.0 Å². The van der Waals surface area contributed by atoms with Gasteiger partial charge >= 0.3 is 6.09 Å². The van der Waals surface area contributed by atoms with Gasteiger partial charge in [0.15, 0.2) is 0 Å². The Hall–Kier alpha value is -4.49. The molecule has 5 aromatic rings. The third kappa shape index (κ3) is 7.80. The number of alkyl halides is 4. The molecule has 19 heteroatoms. The van der Waals surface area contributed by atoms with E-state index in [-0.39, 0.29) is 34.9 Å². The zero-order chi connectivity index (χ0) is 37.9. The van der Waals surface area contributed by atoms with Crippen molar-refractivity contribution in [1.82, 2.24) is 20.2 Å². The highest BCUT2D eigenvalue weighted by Crippen LogP contribution is 2.37. The predicted molar refractivity (Wildman–Crippen MR) is 187 cm³/mol. The van der Waals surface area contributed by atoms with Gasteiger partial charge in [-0.05, 0) is 57.2 Å². The van der Waals surface area contributed by atoms with Crippen LogP contribution in [0.15, 0.2) is 59.0 Å². The first kappa shape index (κ1) is 37.3. The Kier molecular flexibility index (Phi) is 9.67. The van der Waals surface area contributed by atoms with Crippen molar-refractivity contribution in [2.24, 2.45) is 5.73 Å². The fourth-order valence-corrected chi connectivity index (χ4v) is 6.58. The van der Waals surface area contributed by atoms with Gasteiger partial charge in [0.05, 0.1) is 19.1 Å². The number of ether oxygens (including phenoxy) is 1. The van der Waals surface area contributed by atoms with Gasteiger partial charge in [-0.15, -0.1) is 0 Å². The summed E-state index contributed by atoms with van der Waals surface area (Å²) in [6.07, 6.45) is -2.31. The monoisotopic (exact) mass is 856 g/mol. The molecule has 0 saturated carbocycles. The molecule has 5 N–H and O–H groups in total. The number of benzene rings is 2. The Bertz CT molecular complexity index is 2300. The number of hydrogen-bond acceptors (Lipinski definition) is 9. The van der Waals surface area contributed by atoms with Gasteiger partial charge in [0.1, 0.15) is 39.8 Å². The van der Waals surface area contributed by atoms with E-state index in [0.717, 1.165) is 4.47 Å². The van der Waals surface area contributed by atoms with E-state index in [1.54, 1.807) is 57.2 Å². The number of furan rings is 2. The van der Waals surface area contributed by atoms with E-state index in [1.165, 1.54) is 0 Å². The third-order valence-electron chi connectivity index (χ3n) is 8.07. The first-order chi connectivity index (χ1) is 24.2. The summed E-state index contributed by atoms with van der Waals surface area (Å²) < 4.78 is 72.3. The summed E-state index contributed by atoms with van der Waals surface area (Å²) in [5.74, 6) is -8.05. The van der Waals surface area contributed by atoms with E-state index < -0.39 is 72.5 Å². The van der Waals surface area contributed by atoms with E-state index in [4.69, 9.17) is 19.3 Å². The standard InChI is InChI=1S/C19H20BrF2N3O5.C14H10BrF2N3O2/c1-18(2,3)30-17(28)25-8-19(21,22)7-11(25)16(27)24-13-10-6-9(20)4-5-12(10)29-14(13)15(23)26;15-6-1-2-9-7(3-6)10-11(22-9)13(21)20-12(19-10)8-4-14(16,17)5-18-8/h4-6,11H,7-8H2,1-3H3,(H2,23,26)(H,24,27);1-3,8,18H,4-5H2,(H,19,20,21)/t11-;8-/m10/s1. The van der Waals surface area contributed by atoms with Crippen molar-refractivity contribution in [3.05, 3.63) is 67.3 Å². The minimum atomic E-state index is -3.27. The van der Waals surface area contributed by atoms with E-state index in [9.17, 15) is 36.7 Å². The Morgan fingerprint density at radius 3 is 2.23 bits per heavy atom. The lowest BCUT2D eigenvalue weighted by Crippen LogP contribution is -2.45. The van der Waals surface area contributed by atoms with Crippen LogP contribution in [0.5, 0.6) is 0 Å². The minimum Gasteiger partial charge on any atom is -0.449 e. The van der Waals surface area contributed by atoms with E-state index in [1.807, 2.05) is 0 Å². The van der Waals surface area contributed by atoms with Crippen molar-refractivity contribution in [3.8, 4) is 0 Å². The number of nitrogens with one attached hydrogen (secondary N) is 3. The number of H-pyrrole nitrogens is 1. The Labute approximate surface area is 307 Å². The van der Waals surface area contributed by atoms with Gasteiger partial charge in [-0.2, -0.15) is 0 Å². The average Bonchev–Trinajstić information content (AvgIpc) is 3.78. The lowest BCUT2D eigenvalue weighted by molar-refractivity contribution is -0.120. The predicted octanol–water partition coefficient (Wildman–Crippen LogP) is 6.98. The van der Waals surface area contributed by atoms with Gasteiger partial charge in [0.2, 0.25) is 17.3 Å². The molecule has 52 heavy (non-hydrogen) atoms. The lowest BCUT2D eigenvalue weighted by atomic mass is 10.1. The highest BCUT2D eigenvalue weighted by molar-refractivity contribution is 9.10. The normalized spacial score (nSPS) is 19.5. The number of nitrogens with two attached hydrogens (primary N) is 1. The highest BCUT2D eigenvalue weighted by Gasteiger charge is 2.51. The zero-order valence-electron chi connectivity index (χ0n) is 27.5. The maximum absolute atomic E-state index is 14.1. The van der Waals surface area contributed by atoms with E-state index in [2.05, 4.69) is 52.5 Å². The SMILES string of the molecule is CC(C)(C)OC(=O)N1CC(F)(F)C[C@@H]1C(=O)Nc1c(C(N)=O)oc2ccc(Br)cc12.O=c1[nH]c([C@@H]2CC(F)(F)CN2)nc2c1oc1ccc(Br)cc12. The van der Waals surface area contributed by atoms with Crippen molar-refractivity contribution in [1.29, 1.82) is 0 Å². The molecule has 0 bridgehead atoms. The van der Waals surface area contributed by atoms with Crippen molar-refractivity contribution < 1.29 is 45.5 Å². The number of rotatable bonds is 4. The van der Waals surface area contributed by atoms with Crippen LogP contribution in [0, 0.1) is 0 Å². The first-order valence-corrected chi connectivity index (χ1v) is 17.2. The number of halogens is 6. The summed E-state index contributed by atoms with van der Waals surface area (Å²) in [7, 11) is 0. The molecule has 2 aliphatic rings. The van der Waals surface area contributed by atoms with Crippen LogP contribution in [-0.2, 0) is 9.53 Å². The molecule has 3 amide bonds. The summed E-state index contributed by atoms with van der Waals surface area (Å²) in [5.41, 5.74) is 5.16. The fourth-order valence-electron chi connectivity index (χ4n) is 5.85. The van der Waals surface area contributed by atoms with Gasteiger partial charge in [-0.1, -0.05) is 31.9 Å². The van der Waals surface area contributed by atoms with Crippen molar-refractivity contribution in [2.75, 3.05) is 18.4 Å². The van der Waals surface area contributed by atoms with Gasteiger partial charge in [0, 0.05) is 32.6 Å². The quantitative estimate of drug-likeness (QED) is 0.139. The molecule has 2 atom stereocenters. The molecule has 0 unspecified atom stereocenters. The molecule has 0 aliphatic carbocycles. The largest absolute Gasteiger partial charge is 0.449 e. The lowest BCUT2D eigenvalue weighted by Gasteiger charge is -2.27. The van der Waals surface area contributed by atoms with Crippen molar-refractivity contribution >= 4 is 88.5 Å². The smallest absolute Gasteiger partial charge is 0.411 e. The van der Waals surface area contributed by atoms with Crippen LogP contribution in [0.4, 0.5) is 28.0 Å². The van der Waals surface area contributed by atoms with Gasteiger partial charge in [-0.25, -0.2) is 27.3 Å². The van der Waals surface area contributed by atoms with Gasteiger partial charge < -0.3 is 34.9 Å². The van der Waals surface area contributed by atoms with Crippen LogP contribution >= 0.6 is 31.9 Å². The molecule has 2 fully saturated rings. The molecule has 3 aromatic heterocycles. The number of aromatic amines is 1. The zero-order valence-corrected chi connectivity index (χ0v) is 30.7. The molecular formula is C33H30Br2F4N6O7. The maximum atomic E-state index is 14.1. The average molecular weight is 858 g/mol. The molecule has 276 valence electrons. The second kappa shape index (κ2) is 13.5. The summed E-state index contributed by atoms with van der Waals surface area (Å²) >= 11 is 6.63. The molecule has 0 radical (unpaired) electrons. The van der Waals surface area contributed by atoms with Crippen LogP contribution in [0.25, 0.3) is 33.0 Å². The number of carbonyl (C=O) groups excluding carboxylic acids is 3. The molecule has 0 spiro atoms. The number of anilines is 1. The van der Waals surface area contributed by atoms with Crippen LogP contribution < -0.4 is 21.9 Å². The molecule has 13 nitrogen and oxygen atoms in total. The minimum absolute atomic E-state index is 0.0526. The number of likely N-dealkylation sites (tertiary alicyclic amines) is 1. The summed E-state index contributed by atoms with van der Waals surface area (Å²) in [5, 5.41) is 6.13. The van der Waals surface area contributed by atoms with E-state index >= 15 is 0 Å². The highest BCUT2D eigenvalue weighted by atomic mass is 79.9. The Morgan fingerprint density at radius 1 is 1.00 bits per heavy atom. The summed E-state index contributed by atoms with van der Waals surface area (Å²) in [6.45, 7) is 3.38. The number of hydrogen-bond donors (Lipinski definition) is 4. The maximum Gasteiger partial charge on any atom is 0.411 e. The topological polar surface area (TPSA) is 186 Å². The number of aromatic nitrogens is 2. The number of fused-ring (bicyclic) bond motifs is 4. The van der Waals surface area contributed by atoms with Crippen molar-refractivity contribution in [2.45, 2.75) is 63.1 Å². The van der Waals surface area contributed by atoms with Crippen LogP contribution in [0.3, 0.4) is 0 Å². The number of carbonyl (C=O) groups is 3. The van der Waals surface area contributed by atoms with Crippen LogP contribution in [0.2, 0.25) is 0 Å². The fraction of sp³-hybridized carbons (Fsp3) is 0.364.